The van der Waals surface area contributed by atoms with E-state index in [1.165, 1.54) is 25.7 Å². The molecule has 0 fully saturated rings. The predicted molar refractivity (Wildman–Crippen MR) is 165 cm³/mol. The zero-order valence-corrected chi connectivity index (χ0v) is 26.0. The van der Waals surface area contributed by atoms with Crippen LogP contribution in [-0.2, 0) is 9.59 Å². The average molecular weight is 547 g/mol. The van der Waals surface area contributed by atoms with E-state index in [9.17, 15) is 14.1 Å². The van der Waals surface area contributed by atoms with Crippen molar-refractivity contribution in [3.63, 3.8) is 0 Å². The highest BCUT2D eigenvalue weighted by atomic mass is 19.2. The zero-order chi connectivity index (χ0) is 29.3. The molecule has 0 rings (SSSR count). The Bertz CT molecular complexity index is 588. The van der Waals surface area contributed by atoms with Crippen LogP contribution in [0, 0.1) is 11.8 Å². The molecule has 0 saturated heterocycles. The fraction of sp³-hybridized carbons (Fsp3) is 0.935. The second kappa shape index (κ2) is 25.9. The fourth-order valence-electron chi connectivity index (χ4n) is 5.03. The lowest BCUT2D eigenvalue weighted by molar-refractivity contribution is -0.126. The first-order chi connectivity index (χ1) is 18.8. The minimum absolute atomic E-state index is 0.00355. The molecule has 0 aromatic heterocycles. The van der Waals surface area contributed by atoms with Gasteiger partial charge in [-0.25, -0.2) is 0 Å². The molecule has 0 saturated carbocycles. The van der Waals surface area contributed by atoms with Gasteiger partial charge in [0.2, 0.25) is 11.8 Å². The highest BCUT2D eigenvalue weighted by Crippen LogP contribution is 2.20. The Morgan fingerprint density at radius 3 is 1.46 bits per heavy atom. The van der Waals surface area contributed by atoms with Crippen LogP contribution in [0.5, 0.6) is 0 Å². The lowest BCUT2D eigenvalue weighted by atomic mass is 9.77. The van der Waals surface area contributed by atoms with Crippen LogP contribution in [0.25, 0.3) is 0 Å². The van der Waals surface area contributed by atoms with Crippen molar-refractivity contribution in [2.24, 2.45) is 11.8 Å². The Balaban J connectivity index is 4.69. The van der Waals surface area contributed by atoms with Gasteiger partial charge >= 0.3 is 0 Å². The normalized spacial score (nSPS) is 13.9. The van der Waals surface area contributed by atoms with Gasteiger partial charge in [-0.3, -0.25) is 9.59 Å². The molecule has 0 aliphatic carbocycles. The molecule has 5 nitrogen and oxygen atoms in total. The average Bonchev–Trinajstić information content (AvgIpc) is 2.92. The van der Waals surface area contributed by atoms with Gasteiger partial charge in [0.15, 0.2) is 0 Å². The molecular formula is C31H60B2FN3O2. The molecule has 4 radical (unpaired) electrons. The first-order valence-electron chi connectivity index (χ1n) is 16.3. The van der Waals surface area contributed by atoms with Crippen molar-refractivity contribution in [3.8, 4) is 0 Å². The van der Waals surface area contributed by atoms with E-state index in [-0.39, 0.29) is 36.7 Å². The number of halogens is 1. The first-order valence-corrected chi connectivity index (χ1v) is 16.3. The van der Waals surface area contributed by atoms with E-state index in [1.54, 1.807) is 0 Å². The van der Waals surface area contributed by atoms with Gasteiger partial charge in [-0.2, -0.15) is 0 Å². The molecule has 2 N–H and O–H groups in total. The molecule has 3 atom stereocenters. The summed E-state index contributed by atoms with van der Waals surface area (Å²) in [7, 11) is 12.1. The molecule has 2 amide bonds. The lowest BCUT2D eigenvalue weighted by Crippen LogP contribution is -2.52. The summed E-state index contributed by atoms with van der Waals surface area (Å²) in [5.74, 6) is -2.48. The van der Waals surface area contributed by atoms with Gasteiger partial charge in [-0.1, -0.05) is 124 Å². The van der Waals surface area contributed by atoms with Crippen LogP contribution < -0.4 is 10.6 Å². The molecule has 8 heteroatoms. The number of hydrogen-bond acceptors (Lipinski definition) is 3. The van der Waals surface area contributed by atoms with Crippen molar-refractivity contribution in [2.75, 3.05) is 13.1 Å². The van der Waals surface area contributed by atoms with E-state index in [2.05, 4.69) is 38.3 Å². The molecule has 0 aliphatic heterocycles. The summed E-state index contributed by atoms with van der Waals surface area (Å²) in [5.41, 5.74) is 0. The smallest absolute Gasteiger partial charge is 0.223 e. The minimum atomic E-state index is -1.18. The predicted octanol–water partition coefficient (Wildman–Crippen LogP) is 7.12. The van der Waals surface area contributed by atoms with Crippen molar-refractivity contribution in [1.82, 2.24) is 15.8 Å². The second-order valence-corrected chi connectivity index (χ2v) is 11.4. The summed E-state index contributed by atoms with van der Waals surface area (Å²) in [4.78, 5) is 25.8. The molecule has 224 valence electrons. The fourth-order valence-corrected chi connectivity index (χ4v) is 5.03. The Morgan fingerprint density at radius 1 is 0.641 bits per heavy atom. The number of hydrogen-bond donors (Lipinski definition) is 2. The molecule has 0 heterocycles. The summed E-state index contributed by atoms with van der Waals surface area (Å²) >= 11 is 0. The van der Waals surface area contributed by atoms with Crippen LogP contribution in [0.3, 0.4) is 0 Å². The van der Waals surface area contributed by atoms with Gasteiger partial charge in [0.1, 0.15) is 0 Å². The van der Waals surface area contributed by atoms with Gasteiger partial charge < -0.3 is 10.6 Å². The van der Waals surface area contributed by atoms with Crippen LogP contribution >= 0.6 is 0 Å². The number of amides is 2. The molecule has 3 unspecified atom stereocenters. The first kappa shape index (κ1) is 38.0. The molecule has 0 aliphatic rings. The largest absolute Gasteiger partial charge is 0.361 e. The molecule has 39 heavy (non-hydrogen) atoms. The summed E-state index contributed by atoms with van der Waals surface area (Å²) in [6, 6.07) is 0. The lowest BCUT2D eigenvalue weighted by Gasteiger charge is -2.29. The summed E-state index contributed by atoms with van der Waals surface area (Å²) in [6.07, 6.45) is 20.1. The third kappa shape index (κ3) is 19.6. The summed E-state index contributed by atoms with van der Waals surface area (Å²) in [5, 5.41) is 6.09. The molecule has 0 aromatic carbocycles. The van der Waals surface area contributed by atoms with E-state index < -0.39 is 11.9 Å². The second-order valence-electron chi connectivity index (χ2n) is 11.4. The summed E-state index contributed by atoms with van der Waals surface area (Å²) < 4.78 is 14.8. The Labute approximate surface area is 243 Å². The van der Waals surface area contributed by atoms with Gasteiger partial charge in [-0.05, 0) is 31.6 Å². The quantitative estimate of drug-likeness (QED) is 0.0654. The van der Waals surface area contributed by atoms with Crippen molar-refractivity contribution >= 4 is 27.5 Å². The zero-order valence-electron chi connectivity index (χ0n) is 26.0. The molecule has 0 spiro atoms. The van der Waals surface area contributed by atoms with Gasteiger partial charge in [0, 0.05) is 30.9 Å². The van der Waals surface area contributed by atoms with E-state index >= 15 is 0 Å². The number of carbonyl (C=O) groups excluding carboxylic acids is 2. The van der Waals surface area contributed by atoms with Crippen LogP contribution in [0.2, 0.25) is 0 Å². The minimum Gasteiger partial charge on any atom is -0.361 e. The van der Waals surface area contributed by atoms with Crippen molar-refractivity contribution < 1.29 is 14.1 Å². The van der Waals surface area contributed by atoms with Gasteiger partial charge in [-0.15, -0.1) is 9.60 Å². The van der Waals surface area contributed by atoms with Gasteiger partial charge in [0.05, 0.1) is 15.7 Å². The molecule has 0 aromatic rings. The Morgan fingerprint density at radius 2 is 1.03 bits per heavy atom. The maximum atomic E-state index is 14.8. The number of nitrogens with zero attached hydrogens (tertiary/aromatic N) is 1. The summed E-state index contributed by atoms with van der Waals surface area (Å²) in [6.45, 7) is 8.75. The number of rotatable bonds is 27. The molecule has 0 bridgehead atoms. The van der Waals surface area contributed by atoms with Crippen LogP contribution in [-0.4, -0.2) is 57.6 Å². The van der Waals surface area contributed by atoms with E-state index in [1.807, 2.05) is 0 Å². The van der Waals surface area contributed by atoms with Crippen molar-refractivity contribution in [2.45, 2.75) is 162 Å². The third-order valence-electron chi connectivity index (χ3n) is 7.74. The van der Waals surface area contributed by atoms with Crippen LogP contribution in [0.1, 0.15) is 150 Å². The van der Waals surface area contributed by atoms with E-state index in [0.29, 0.717) is 5.12 Å². The van der Waals surface area contributed by atoms with E-state index in [4.69, 9.17) is 15.7 Å². The van der Waals surface area contributed by atoms with Crippen LogP contribution in [0.15, 0.2) is 0 Å². The van der Waals surface area contributed by atoms with E-state index in [0.717, 1.165) is 96.3 Å². The van der Waals surface area contributed by atoms with Crippen molar-refractivity contribution in [3.05, 3.63) is 0 Å². The topological polar surface area (TPSA) is 61.4 Å². The maximum absolute atomic E-state index is 14.8. The standard InChI is InChI=1S/C31H60B2FN3O2/c1-5-9-13-17-21-26(20-16-12-8-4)30(38)35-24-25-37(34)29(33)28(32)36-31(39)27(22-18-14-10-6-2)23-19-15-11-7-3/h26-29H,5-25H2,1-4H3,(H,35,38)(H,36,39). The Hall–Kier alpha value is -1.04. The van der Waals surface area contributed by atoms with Gasteiger partial charge in [0.25, 0.3) is 0 Å². The highest BCUT2D eigenvalue weighted by Gasteiger charge is 2.25. The monoisotopic (exact) mass is 547 g/mol. The van der Waals surface area contributed by atoms with Crippen molar-refractivity contribution in [1.29, 1.82) is 0 Å². The Kier molecular flexibility index (Phi) is 25.2. The van der Waals surface area contributed by atoms with Crippen LogP contribution in [0.4, 0.5) is 4.48 Å². The highest BCUT2D eigenvalue weighted by molar-refractivity contribution is 6.22. The maximum Gasteiger partial charge on any atom is 0.223 e. The SMILES string of the molecule is [B]C(NC(=O)C(CCCCCC)CCCCCC)C([B])N(F)CCNC(=O)C(CCCCC)CCCCCC. The number of unbranched alkanes of at least 4 members (excludes halogenated alkanes) is 11. The number of carbonyl (C=O) groups is 2. The third-order valence-corrected chi connectivity index (χ3v) is 7.74. The number of nitrogens with one attached hydrogen (secondary N) is 2. The molecular weight excluding hydrogens is 487 g/mol.